The Morgan fingerprint density at radius 2 is 1.85 bits per heavy atom. The van der Waals surface area contributed by atoms with Crippen LogP contribution in [0.4, 0.5) is 0 Å². The van der Waals surface area contributed by atoms with E-state index in [2.05, 4.69) is 0 Å². The largest absolute Gasteiger partial charge is 0.382 e. The number of nitrogens with zero attached hydrogens (tertiary/aromatic N) is 1. The number of hydrazine groups is 1. The predicted octanol–water partition coefficient (Wildman–Crippen LogP) is 2.93. The topological polar surface area (TPSA) is 55.6 Å². The summed E-state index contributed by atoms with van der Waals surface area (Å²) in [5.41, 5.74) is 0.900. The third-order valence-corrected chi connectivity index (χ3v) is 2.81. The van der Waals surface area contributed by atoms with E-state index in [0.29, 0.717) is 13.0 Å². The number of hydrogen-bond acceptors (Lipinski definition) is 3. The highest BCUT2D eigenvalue weighted by atomic mass is 35.5. The Morgan fingerprint density at radius 3 is 2.30 bits per heavy atom. The minimum absolute atomic E-state index is 0. The van der Waals surface area contributed by atoms with Gasteiger partial charge in [0.25, 0.3) is 0 Å². The SMILES string of the molecule is COCC(c1ccccc1)N(N)C(=O)CC(C)(C)C.Cl. The first-order valence-electron chi connectivity index (χ1n) is 6.46. The van der Waals surface area contributed by atoms with Crippen LogP contribution in [0.2, 0.25) is 0 Å². The number of amides is 1. The number of rotatable bonds is 5. The zero-order chi connectivity index (χ0) is 14.5. The molecule has 1 atom stereocenters. The molecule has 0 aliphatic rings. The van der Waals surface area contributed by atoms with Crippen LogP contribution in [-0.2, 0) is 9.53 Å². The van der Waals surface area contributed by atoms with Gasteiger partial charge >= 0.3 is 0 Å². The van der Waals surface area contributed by atoms with Crippen LogP contribution in [0.25, 0.3) is 0 Å². The summed E-state index contributed by atoms with van der Waals surface area (Å²) in [4.78, 5) is 12.2. The lowest BCUT2D eigenvalue weighted by atomic mass is 9.91. The summed E-state index contributed by atoms with van der Waals surface area (Å²) >= 11 is 0. The molecule has 114 valence electrons. The van der Waals surface area contributed by atoms with Crippen molar-refractivity contribution in [1.82, 2.24) is 5.01 Å². The van der Waals surface area contributed by atoms with Gasteiger partial charge in [0.05, 0.1) is 12.6 Å². The van der Waals surface area contributed by atoms with E-state index < -0.39 is 0 Å². The molecule has 0 heterocycles. The van der Waals surface area contributed by atoms with E-state index in [1.54, 1.807) is 7.11 Å². The van der Waals surface area contributed by atoms with E-state index in [1.165, 1.54) is 5.01 Å². The molecule has 1 amide bonds. The summed E-state index contributed by atoms with van der Waals surface area (Å²) in [5.74, 6) is 5.92. The minimum Gasteiger partial charge on any atom is -0.382 e. The first-order valence-corrected chi connectivity index (χ1v) is 6.46. The van der Waals surface area contributed by atoms with Crippen molar-refractivity contribution in [2.24, 2.45) is 11.3 Å². The van der Waals surface area contributed by atoms with E-state index in [4.69, 9.17) is 10.6 Å². The van der Waals surface area contributed by atoms with E-state index in [-0.39, 0.29) is 29.8 Å². The Bertz CT molecular complexity index is 404. The molecule has 5 heteroatoms. The van der Waals surface area contributed by atoms with Gasteiger partial charge in [-0.15, -0.1) is 12.4 Å². The summed E-state index contributed by atoms with van der Waals surface area (Å²) < 4.78 is 5.19. The zero-order valence-electron chi connectivity index (χ0n) is 12.6. The summed E-state index contributed by atoms with van der Waals surface area (Å²) in [6.07, 6.45) is 0.413. The van der Waals surface area contributed by atoms with Crippen LogP contribution >= 0.6 is 12.4 Å². The van der Waals surface area contributed by atoms with Crippen molar-refractivity contribution in [2.45, 2.75) is 33.2 Å². The highest BCUT2D eigenvalue weighted by Crippen LogP contribution is 2.24. The zero-order valence-corrected chi connectivity index (χ0v) is 13.4. The van der Waals surface area contributed by atoms with Crippen molar-refractivity contribution in [3.8, 4) is 0 Å². The van der Waals surface area contributed by atoms with Crippen LogP contribution in [0, 0.1) is 5.41 Å². The Labute approximate surface area is 127 Å². The number of nitrogens with two attached hydrogens (primary N) is 1. The number of carbonyl (C=O) groups is 1. The maximum Gasteiger partial charge on any atom is 0.237 e. The van der Waals surface area contributed by atoms with Gasteiger partial charge < -0.3 is 4.74 Å². The van der Waals surface area contributed by atoms with Gasteiger partial charge in [0.2, 0.25) is 5.91 Å². The summed E-state index contributed by atoms with van der Waals surface area (Å²) in [6, 6.07) is 9.45. The lowest BCUT2D eigenvalue weighted by Gasteiger charge is -2.29. The smallest absolute Gasteiger partial charge is 0.237 e. The van der Waals surface area contributed by atoms with E-state index in [1.807, 2.05) is 51.1 Å². The molecule has 0 aliphatic carbocycles. The van der Waals surface area contributed by atoms with Crippen molar-refractivity contribution < 1.29 is 9.53 Å². The number of hydrogen-bond donors (Lipinski definition) is 1. The molecule has 2 N–H and O–H groups in total. The van der Waals surface area contributed by atoms with Gasteiger partial charge in [-0.1, -0.05) is 51.1 Å². The third kappa shape index (κ3) is 5.90. The van der Waals surface area contributed by atoms with E-state index >= 15 is 0 Å². The summed E-state index contributed by atoms with van der Waals surface area (Å²) in [5, 5.41) is 1.30. The molecule has 0 saturated carbocycles. The molecule has 0 bridgehead atoms. The normalized spacial score (nSPS) is 12.4. The van der Waals surface area contributed by atoms with Gasteiger partial charge in [-0.3, -0.25) is 9.80 Å². The van der Waals surface area contributed by atoms with Gasteiger partial charge in [-0.25, -0.2) is 5.84 Å². The molecular weight excluding hydrogens is 276 g/mol. The Morgan fingerprint density at radius 1 is 1.30 bits per heavy atom. The van der Waals surface area contributed by atoms with Gasteiger partial charge in [0, 0.05) is 13.5 Å². The number of ether oxygens (including phenoxy) is 1. The van der Waals surface area contributed by atoms with Gasteiger partial charge in [-0.2, -0.15) is 0 Å². The molecule has 0 saturated heterocycles. The van der Waals surface area contributed by atoms with Crippen LogP contribution < -0.4 is 5.84 Å². The van der Waals surface area contributed by atoms with Crippen LogP contribution in [0.1, 0.15) is 38.8 Å². The van der Waals surface area contributed by atoms with Crippen LogP contribution in [0.3, 0.4) is 0 Å². The first kappa shape index (κ1) is 18.9. The van der Waals surface area contributed by atoms with Gasteiger partial charge in [-0.05, 0) is 11.0 Å². The highest BCUT2D eigenvalue weighted by molar-refractivity contribution is 5.85. The maximum atomic E-state index is 12.2. The van der Waals surface area contributed by atoms with E-state index in [9.17, 15) is 4.79 Å². The molecule has 4 nitrogen and oxygen atoms in total. The molecule has 1 rings (SSSR count). The molecule has 0 aliphatic heterocycles. The molecular formula is C15H25ClN2O2. The molecule has 1 unspecified atom stereocenters. The fraction of sp³-hybridized carbons (Fsp3) is 0.533. The average molecular weight is 301 g/mol. The molecule has 0 spiro atoms. The number of benzene rings is 1. The van der Waals surface area contributed by atoms with E-state index in [0.717, 1.165) is 5.56 Å². The maximum absolute atomic E-state index is 12.2. The van der Waals surface area contributed by atoms with Crippen LogP contribution in [-0.4, -0.2) is 24.6 Å². The number of carbonyl (C=O) groups excluding carboxylic acids is 1. The van der Waals surface area contributed by atoms with Crippen molar-refractivity contribution >= 4 is 18.3 Å². The first-order chi connectivity index (χ1) is 8.85. The van der Waals surface area contributed by atoms with Crippen LogP contribution in [0.5, 0.6) is 0 Å². The van der Waals surface area contributed by atoms with Crippen LogP contribution in [0.15, 0.2) is 30.3 Å². The minimum atomic E-state index is -0.249. The second-order valence-electron chi connectivity index (χ2n) is 5.92. The Hall–Kier alpha value is -1.10. The second-order valence-corrected chi connectivity index (χ2v) is 5.92. The molecule has 0 fully saturated rings. The van der Waals surface area contributed by atoms with Crippen molar-refractivity contribution in [1.29, 1.82) is 0 Å². The molecule has 1 aromatic rings. The quantitative estimate of drug-likeness (QED) is 0.517. The molecule has 0 radical (unpaired) electrons. The lowest BCUT2D eigenvalue weighted by Crippen LogP contribution is -2.43. The number of halogens is 1. The predicted molar refractivity (Wildman–Crippen MR) is 83.4 cm³/mol. The summed E-state index contributed by atoms with van der Waals surface area (Å²) in [6.45, 7) is 6.45. The Kier molecular flexibility index (Phi) is 7.79. The van der Waals surface area contributed by atoms with Crippen molar-refractivity contribution in [2.75, 3.05) is 13.7 Å². The fourth-order valence-electron chi connectivity index (χ4n) is 1.89. The standard InChI is InChI=1S/C15H24N2O2.ClH/c1-15(2,3)10-14(18)17(16)13(11-19-4)12-8-6-5-7-9-12;/h5-9,13H,10-11,16H2,1-4H3;1H. The Balaban J connectivity index is 0.00000361. The fourth-order valence-corrected chi connectivity index (χ4v) is 1.89. The molecule has 20 heavy (non-hydrogen) atoms. The van der Waals surface area contributed by atoms with Crippen molar-refractivity contribution in [3.63, 3.8) is 0 Å². The molecule has 1 aromatic carbocycles. The monoisotopic (exact) mass is 300 g/mol. The average Bonchev–Trinajstić information content (AvgIpc) is 2.34. The summed E-state index contributed by atoms with van der Waals surface area (Å²) in [7, 11) is 1.61. The third-order valence-electron chi connectivity index (χ3n) is 2.81. The lowest BCUT2D eigenvalue weighted by molar-refractivity contribution is -0.137. The van der Waals surface area contributed by atoms with Gasteiger partial charge in [0.1, 0.15) is 0 Å². The van der Waals surface area contributed by atoms with Gasteiger partial charge in [0.15, 0.2) is 0 Å². The number of methoxy groups -OCH3 is 1. The molecule has 0 aromatic heterocycles. The van der Waals surface area contributed by atoms with Crippen molar-refractivity contribution in [3.05, 3.63) is 35.9 Å². The highest BCUT2D eigenvalue weighted by Gasteiger charge is 2.26. The second kappa shape index (κ2) is 8.25.